The number of nitrogens with zero attached hydrogens (tertiary/aromatic N) is 4. The molecule has 8 aromatic rings. The third-order valence-corrected chi connectivity index (χ3v) is 7.38. The Morgan fingerprint density at radius 2 is 1.05 bits per heavy atom. The molecule has 0 radical (unpaired) electrons. The number of para-hydroxylation sites is 3. The Morgan fingerprint density at radius 3 is 1.74 bits per heavy atom. The van der Waals surface area contributed by atoms with Gasteiger partial charge in [0.15, 0.2) is 5.82 Å². The Kier molecular flexibility index (Phi) is 4.31. The van der Waals surface area contributed by atoms with Gasteiger partial charge in [0.05, 0.1) is 11.0 Å². The Labute approximate surface area is 216 Å². The molecule has 2 heterocycles. The second kappa shape index (κ2) is 7.85. The Balaban J connectivity index is 1.46. The Hall–Kier alpha value is -5.29. The van der Waals surface area contributed by atoms with Crippen LogP contribution in [0.2, 0.25) is 0 Å². The van der Waals surface area contributed by atoms with Crippen LogP contribution in [0.4, 0.5) is 0 Å². The fourth-order valence-electron chi connectivity index (χ4n) is 5.71. The third-order valence-electron chi connectivity index (χ3n) is 7.38. The highest BCUT2D eigenvalue weighted by Gasteiger charge is 2.18. The van der Waals surface area contributed by atoms with Crippen molar-refractivity contribution in [3.05, 3.63) is 132 Å². The van der Waals surface area contributed by atoms with Crippen LogP contribution in [0.15, 0.2) is 126 Å². The molecular formula is C33H20N4O. The fraction of sp³-hybridized carbons (Fsp3) is 0. The van der Waals surface area contributed by atoms with E-state index in [9.17, 15) is 4.79 Å². The first-order valence-electron chi connectivity index (χ1n) is 12.6. The molecule has 8 rings (SSSR count). The maximum absolute atomic E-state index is 13.5. The van der Waals surface area contributed by atoms with Gasteiger partial charge in [-0.1, -0.05) is 91.0 Å². The summed E-state index contributed by atoms with van der Waals surface area (Å²) in [5.41, 5.74) is 3.07. The monoisotopic (exact) mass is 488 g/mol. The van der Waals surface area contributed by atoms with Gasteiger partial charge in [-0.2, -0.15) is 9.97 Å². The van der Waals surface area contributed by atoms with Crippen molar-refractivity contribution in [3.63, 3.8) is 0 Å². The van der Waals surface area contributed by atoms with Gasteiger partial charge >= 0.3 is 5.69 Å². The van der Waals surface area contributed by atoms with Crippen LogP contribution in [0.1, 0.15) is 0 Å². The van der Waals surface area contributed by atoms with Gasteiger partial charge in [-0.15, -0.1) is 0 Å². The molecule has 5 heteroatoms. The Bertz CT molecular complexity index is 2230. The first kappa shape index (κ1) is 20.9. The zero-order chi connectivity index (χ0) is 25.2. The van der Waals surface area contributed by atoms with Crippen molar-refractivity contribution in [2.45, 2.75) is 0 Å². The number of imidazole rings is 1. The summed E-state index contributed by atoms with van der Waals surface area (Å²) in [7, 11) is 0. The molecule has 38 heavy (non-hydrogen) atoms. The molecule has 0 spiro atoms. The summed E-state index contributed by atoms with van der Waals surface area (Å²) in [6.07, 6.45) is 0. The summed E-state index contributed by atoms with van der Waals surface area (Å²) in [5, 5.41) is 7.08. The second-order valence-electron chi connectivity index (χ2n) is 9.48. The fourth-order valence-corrected chi connectivity index (χ4v) is 5.71. The van der Waals surface area contributed by atoms with E-state index in [1.165, 1.54) is 26.9 Å². The van der Waals surface area contributed by atoms with Crippen molar-refractivity contribution >= 4 is 49.1 Å². The van der Waals surface area contributed by atoms with Gasteiger partial charge < -0.3 is 0 Å². The Morgan fingerprint density at radius 1 is 0.500 bits per heavy atom. The van der Waals surface area contributed by atoms with Gasteiger partial charge in [0.1, 0.15) is 0 Å². The molecule has 0 fully saturated rings. The van der Waals surface area contributed by atoms with Gasteiger partial charge in [0.25, 0.3) is 0 Å². The topological polar surface area (TPSA) is 52.2 Å². The average Bonchev–Trinajstić information content (AvgIpc) is 3.32. The van der Waals surface area contributed by atoms with E-state index in [1.54, 1.807) is 4.40 Å². The van der Waals surface area contributed by atoms with Crippen LogP contribution in [0.3, 0.4) is 0 Å². The summed E-state index contributed by atoms with van der Waals surface area (Å²) in [6, 6.07) is 41.0. The van der Waals surface area contributed by atoms with Gasteiger partial charge in [-0.05, 0) is 62.6 Å². The van der Waals surface area contributed by atoms with E-state index in [2.05, 4.69) is 65.6 Å². The van der Waals surface area contributed by atoms with E-state index in [0.717, 1.165) is 27.7 Å². The lowest BCUT2D eigenvalue weighted by molar-refractivity contribution is 0.946. The van der Waals surface area contributed by atoms with Crippen molar-refractivity contribution in [2.75, 3.05) is 0 Å². The largest absolute Gasteiger partial charge is 0.357 e. The second-order valence-corrected chi connectivity index (χ2v) is 9.48. The number of rotatable bonds is 2. The third kappa shape index (κ3) is 2.90. The molecule has 0 saturated carbocycles. The van der Waals surface area contributed by atoms with Crippen LogP contribution in [-0.2, 0) is 0 Å². The molecule has 0 aliphatic carbocycles. The molecule has 0 aliphatic rings. The summed E-state index contributed by atoms with van der Waals surface area (Å²) < 4.78 is 3.61. The van der Waals surface area contributed by atoms with Crippen molar-refractivity contribution < 1.29 is 0 Å². The molecule has 0 aliphatic heterocycles. The van der Waals surface area contributed by atoms with Gasteiger partial charge in [0, 0.05) is 11.3 Å². The molecule has 2 aromatic heterocycles. The highest BCUT2D eigenvalue weighted by atomic mass is 16.1. The molecule has 178 valence electrons. The standard InChI is InChI=1S/C33H20N4O/c38-33-35-31(34-32-36(22-10-2-1-3-11-22)29-16-8-9-17-30(29)37(32)33)21-18-19-27-25-14-5-4-12-23(25)24-13-6-7-15-26(24)28(27)20-21/h1-20H. The molecule has 0 amide bonds. The predicted octanol–water partition coefficient (Wildman–Crippen LogP) is 7.16. The van der Waals surface area contributed by atoms with Crippen LogP contribution >= 0.6 is 0 Å². The number of benzene rings is 6. The van der Waals surface area contributed by atoms with Crippen LogP contribution in [0.5, 0.6) is 0 Å². The molecular weight excluding hydrogens is 468 g/mol. The minimum atomic E-state index is -0.348. The quantitative estimate of drug-likeness (QED) is 0.243. The summed E-state index contributed by atoms with van der Waals surface area (Å²) in [5.74, 6) is 0.949. The SMILES string of the molecule is O=c1nc(-c2ccc3c4ccccc4c4ccccc4c3c2)nc2n(-c3ccccc3)c3ccccc3n12. The number of aromatic nitrogens is 4. The summed E-state index contributed by atoms with van der Waals surface area (Å²) in [6.45, 7) is 0. The van der Waals surface area contributed by atoms with E-state index < -0.39 is 0 Å². The molecule has 0 atom stereocenters. The van der Waals surface area contributed by atoms with Gasteiger partial charge in [-0.25, -0.2) is 9.20 Å². The maximum Gasteiger partial charge on any atom is 0.357 e. The lowest BCUT2D eigenvalue weighted by Gasteiger charge is -2.11. The number of hydrogen-bond donors (Lipinski definition) is 0. The molecule has 6 aromatic carbocycles. The molecule has 0 saturated heterocycles. The zero-order valence-corrected chi connectivity index (χ0v) is 20.2. The van der Waals surface area contributed by atoms with E-state index >= 15 is 0 Å². The number of hydrogen-bond acceptors (Lipinski definition) is 3. The molecule has 0 unspecified atom stereocenters. The summed E-state index contributed by atoms with van der Waals surface area (Å²) >= 11 is 0. The van der Waals surface area contributed by atoms with E-state index in [4.69, 9.17) is 4.98 Å². The highest BCUT2D eigenvalue weighted by molar-refractivity contribution is 6.25. The van der Waals surface area contributed by atoms with Gasteiger partial charge in [0.2, 0.25) is 5.78 Å². The maximum atomic E-state index is 13.5. The van der Waals surface area contributed by atoms with Crippen LogP contribution in [0, 0.1) is 0 Å². The molecule has 5 nitrogen and oxygen atoms in total. The lowest BCUT2D eigenvalue weighted by atomic mass is 9.93. The highest BCUT2D eigenvalue weighted by Crippen LogP contribution is 2.36. The normalized spacial score (nSPS) is 11.8. The smallest absolute Gasteiger partial charge is 0.278 e. The van der Waals surface area contributed by atoms with E-state index in [-0.39, 0.29) is 5.69 Å². The van der Waals surface area contributed by atoms with Crippen LogP contribution < -0.4 is 5.69 Å². The summed E-state index contributed by atoms with van der Waals surface area (Å²) in [4.78, 5) is 22.9. The van der Waals surface area contributed by atoms with Crippen molar-refractivity contribution in [3.8, 4) is 17.1 Å². The molecule has 0 N–H and O–H groups in total. The first-order chi connectivity index (χ1) is 18.8. The van der Waals surface area contributed by atoms with Crippen LogP contribution in [0.25, 0.3) is 66.2 Å². The van der Waals surface area contributed by atoms with Crippen molar-refractivity contribution in [1.82, 2.24) is 18.9 Å². The van der Waals surface area contributed by atoms with E-state index in [1.807, 2.05) is 65.2 Å². The average molecular weight is 489 g/mol. The van der Waals surface area contributed by atoms with Crippen molar-refractivity contribution in [2.24, 2.45) is 0 Å². The minimum absolute atomic E-state index is 0.348. The lowest BCUT2D eigenvalue weighted by Crippen LogP contribution is -2.19. The molecule has 0 bridgehead atoms. The first-order valence-corrected chi connectivity index (χ1v) is 12.6. The van der Waals surface area contributed by atoms with Gasteiger partial charge in [-0.3, -0.25) is 4.57 Å². The minimum Gasteiger partial charge on any atom is -0.278 e. The number of fused-ring (bicyclic) bond motifs is 9. The van der Waals surface area contributed by atoms with Crippen LogP contribution in [-0.4, -0.2) is 18.9 Å². The zero-order valence-electron chi connectivity index (χ0n) is 20.2. The van der Waals surface area contributed by atoms with Crippen molar-refractivity contribution in [1.29, 1.82) is 0 Å². The predicted molar refractivity (Wildman–Crippen MR) is 154 cm³/mol. The van der Waals surface area contributed by atoms with E-state index in [0.29, 0.717) is 11.6 Å².